The van der Waals surface area contributed by atoms with Gasteiger partial charge < -0.3 is 16.4 Å². The molecule has 0 amide bonds. The molecule has 0 bridgehead atoms. The molecule has 13 heavy (non-hydrogen) atoms. The molecule has 0 aliphatic carbocycles. The van der Waals surface area contributed by atoms with Crippen LogP contribution in [0.2, 0.25) is 0 Å². The van der Waals surface area contributed by atoms with Crippen LogP contribution in [0, 0.1) is 11.3 Å². The smallest absolute Gasteiger partial charge is 0.188 e. The van der Waals surface area contributed by atoms with E-state index in [4.69, 9.17) is 16.9 Å². The van der Waals surface area contributed by atoms with E-state index in [0.717, 1.165) is 19.5 Å². The lowest BCUT2D eigenvalue weighted by Gasteiger charge is -2.32. The van der Waals surface area contributed by atoms with Gasteiger partial charge in [0, 0.05) is 13.1 Å². The Morgan fingerprint density at radius 1 is 1.46 bits per heavy atom. The van der Waals surface area contributed by atoms with Crippen LogP contribution >= 0.6 is 24.8 Å². The van der Waals surface area contributed by atoms with Crippen LogP contribution in [0.3, 0.4) is 0 Å². The number of piperidine rings is 1. The molecule has 0 radical (unpaired) electrons. The molecule has 6 heteroatoms. The van der Waals surface area contributed by atoms with Crippen molar-refractivity contribution in [2.45, 2.75) is 12.8 Å². The van der Waals surface area contributed by atoms with E-state index in [1.54, 1.807) is 0 Å². The van der Waals surface area contributed by atoms with Crippen molar-refractivity contribution in [3.8, 4) is 0 Å². The van der Waals surface area contributed by atoms with E-state index in [1.807, 2.05) is 4.90 Å². The highest BCUT2D eigenvalue weighted by molar-refractivity contribution is 5.85. The van der Waals surface area contributed by atoms with Gasteiger partial charge in [-0.05, 0) is 25.3 Å². The molecule has 4 nitrogen and oxygen atoms in total. The number of halogens is 2. The van der Waals surface area contributed by atoms with Gasteiger partial charge in [0.25, 0.3) is 0 Å². The Bertz CT molecular complexity index is 153. The maximum Gasteiger partial charge on any atom is 0.188 e. The minimum atomic E-state index is 0. The fraction of sp³-hybridized carbons (Fsp3) is 0.857. The number of guanidine groups is 1. The topological polar surface area (TPSA) is 79.1 Å². The molecule has 0 aromatic heterocycles. The molecule has 1 aliphatic rings. The molecule has 1 saturated heterocycles. The van der Waals surface area contributed by atoms with Crippen molar-refractivity contribution >= 4 is 30.8 Å². The van der Waals surface area contributed by atoms with Gasteiger partial charge in [0.1, 0.15) is 0 Å². The lowest BCUT2D eigenvalue weighted by atomic mass is 9.99. The maximum absolute atomic E-state index is 7.22. The summed E-state index contributed by atoms with van der Waals surface area (Å²) in [7, 11) is 0. The van der Waals surface area contributed by atoms with Crippen molar-refractivity contribution in [3.05, 3.63) is 0 Å². The highest BCUT2D eigenvalue weighted by Gasteiger charge is 2.18. The zero-order valence-corrected chi connectivity index (χ0v) is 9.16. The lowest BCUT2D eigenvalue weighted by Crippen LogP contribution is -2.45. The Morgan fingerprint density at radius 2 is 2.08 bits per heavy atom. The summed E-state index contributed by atoms with van der Waals surface area (Å²) in [6.07, 6.45) is 2.29. The molecule has 0 spiro atoms. The van der Waals surface area contributed by atoms with Gasteiger partial charge in [0.2, 0.25) is 0 Å². The number of nitrogens with two attached hydrogens (primary N) is 2. The van der Waals surface area contributed by atoms with Crippen molar-refractivity contribution < 1.29 is 0 Å². The zero-order valence-electron chi connectivity index (χ0n) is 7.53. The van der Waals surface area contributed by atoms with Gasteiger partial charge in [-0.1, -0.05) is 0 Å². The molecule has 5 N–H and O–H groups in total. The van der Waals surface area contributed by atoms with Gasteiger partial charge in [-0.15, -0.1) is 24.8 Å². The first-order chi connectivity index (χ1) is 5.24. The first-order valence-electron chi connectivity index (χ1n) is 4.03. The van der Waals surface area contributed by atoms with Crippen LogP contribution < -0.4 is 11.5 Å². The van der Waals surface area contributed by atoms with Gasteiger partial charge in [-0.3, -0.25) is 5.41 Å². The van der Waals surface area contributed by atoms with Gasteiger partial charge in [0.15, 0.2) is 5.96 Å². The molecule has 1 rings (SSSR count). The van der Waals surface area contributed by atoms with Crippen LogP contribution in [0.15, 0.2) is 0 Å². The van der Waals surface area contributed by atoms with Crippen LogP contribution in [0.25, 0.3) is 0 Å². The average Bonchev–Trinajstić information content (AvgIpc) is 2.05. The van der Waals surface area contributed by atoms with E-state index in [2.05, 4.69) is 0 Å². The van der Waals surface area contributed by atoms with Crippen molar-refractivity contribution in [1.29, 1.82) is 5.41 Å². The normalized spacial score (nSPS) is 21.3. The third kappa shape index (κ3) is 4.55. The van der Waals surface area contributed by atoms with Crippen molar-refractivity contribution in [3.63, 3.8) is 0 Å². The van der Waals surface area contributed by atoms with Crippen LogP contribution in [-0.2, 0) is 0 Å². The van der Waals surface area contributed by atoms with E-state index >= 15 is 0 Å². The minimum absolute atomic E-state index is 0. The largest absolute Gasteiger partial charge is 0.370 e. The lowest BCUT2D eigenvalue weighted by molar-refractivity contribution is 0.260. The summed E-state index contributed by atoms with van der Waals surface area (Å²) in [5.74, 6) is 0.718. The second-order valence-electron chi connectivity index (χ2n) is 3.08. The Balaban J connectivity index is 0. The third-order valence-corrected chi connectivity index (χ3v) is 2.19. The monoisotopic (exact) mass is 228 g/mol. The molecule has 1 aliphatic heterocycles. The number of likely N-dealkylation sites (tertiary alicyclic amines) is 1. The summed E-state index contributed by atoms with van der Waals surface area (Å²) in [5.41, 5.74) is 10.9. The van der Waals surface area contributed by atoms with Gasteiger partial charge in [-0.25, -0.2) is 0 Å². The molecular formula is C7H18Cl2N4. The van der Waals surface area contributed by atoms with Crippen LogP contribution in [0.4, 0.5) is 0 Å². The molecule has 1 fully saturated rings. The fourth-order valence-electron chi connectivity index (χ4n) is 1.48. The Hall–Kier alpha value is -0.190. The van der Waals surface area contributed by atoms with E-state index in [1.165, 1.54) is 6.42 Å². The summed E-state index contributed by atoms with van der Waals surface area (Å²) < 4.78 is 0. The first kappa shape index (κ1) is 15.3. The van der Waals surface area contributed by atoms with E-state index in [0.29, 0.717) is 12.5 Å². The Labute approximate surface area is 91.4 Å². The minimum Gasteiger partial charge on any atom is -0.370 e. The number of hydrogen-bond acceptors (Lipinski definition) is 2. The molecule has 1 heterocycles. The van der Waals surface area contributed by atoms with Crippen LogP contribution in [0.5, 0.6) is 0 Å². The van der Waals surface area contributed by atoms with Crippen LogP contribution in [0.1, 0.15) is 12.8 Å². The first-order valence-corrected chi connectivity index (χ1v) is 4.03. The van der Waals surface area contributed by atoms with E-state index < -0.39 is 0 Å². The second-order valence-corrected chi connectivity index (χ2v) is 3.08. The number of hydrogen-bond donors (Lipinski definition) is 3. The van der Waals surface area contributed by atoms with Crippen molar-refractivity contribution in [2.75, 3.05) is 19.6 Å². The summed E-state index contributed by atoms with van der Waals surface area (Å²) in [6, 6.07) is 0. The van der Waals surface area contributed by atoms with Gasteiger partial charge in [-0.2, -0.15) is 0 Å². The summed E-state index contributed by atoms with van der Waals surface area (Å²) in [6.45, 7) is 2.50. The number of nitrogens with one attached hydrogen (secondary N) is 1. The Morgan fingerprint density at radius 3 is 2.54 bits per heavy atom. The van der Waals surface area contributed by atoms with E-state index in [-0.39, 0.29) is 30.8 Å². The Kier molecular flexibility index (Phi) is 8.51. The van der Waals surface area contributed by atoms with Gasteiger partial charge in [0.05, 0.1) is 0 Å². The molecule has 0 saturated carbocycles. The van der Waals surface area contributed by atoms with Crippen molar-refractivity contribution in [2.24, 2.45) is 17.4 Å². The molecular weight excluding hydrogens is 211 g/mol. The fourth-order valence-corrected chi connectivity index (χ4v) is 1.48. The van der Waals surface area contributed by atoms with Crippen LogP contribution in [-0.4, -0.2) is 30.5 Å². The quantitative estimate of drug-likeness (QED) is 0.449. The van der Waals surface area contributed by atoms with E-state index in [9.17, 15) is 0 Å². The maximum atomic E-state index is 7.22. The van der Waals surface area contributed by atoms with Crippen molar-refractivity contribution in [1.82, 2.24) is 4.90 Å². The summed E-state index contributed by atoms with van der Waals surface area (Å²) >= 11 is 0. The summed E-state index contributed by atoms with van der Waals surface area (Å²) in [5, 5.41) is 7.22. The predicted octanol–water partition coefficient (Wildman–Crippen LogP) is 0.394. The number of rotatable bonds is 1. The number of nitrogens with zero attached hydrogens (tertiary/aromatic N) is 1. The third-order valence-electron chi connectivity index (χ3n) is 2.19. The zero-order chi connectivity index (χ0) is 8.27. The van der Waals surface area contributed by atoms with Gasteiger partial charge >= 0.3 is 0 Å². The SMILES string of the molecule is Cl.Cl.N=C(N)N1CCCC(CN)C1. The molecule has 0 aromatic rings. The predicted molar refractivity (Wildman–Crippen MR) is 59.8 cm³/mol. The highest BCUT2D eigenvalue weighted by Crippen LogP contribution is 2.13. The highest BCUT2D eigenvalue weighted by atomic mass is 35.5. The second kappa shape index (κ2) is 7.24. The molecule has 1 unspecified atom stereocenters. The average molecular weight is 229 g/mol. The molecule has 1 atom stereocenters. The standard InChI is InChI=1S/C7H16N4.2ClH/c8-4-6-2-1-3-11(5-6)7(9)10;;/h6H,1-5,8H2,(H3,9,10);2*1H. The summed E-state index contributed by atoms with van der Waals surface area (Å²) in [4.78, 5) is 1.89. The molecule has 0 aromatic carbocycles. The molecule has 80 valence electrons.